The number of nitrogens with two attached hydrogens (primary N) is 1. The van der Waals surface area contributed by atoms with Crippen molar-refractivity contribution in [1.82, 2.24) is 4.90 Å². The van der Waals surface area contributed by atoms with E-state index in [0.717, 1.165) is 38.5 Å². The first kappa shape index (κ1) is 12.9. The first-order valence-electron chi connectivity index (χ1n) is 7.44. The summed E-state index contributed by atoms with van der Waals surface area (Å²) in [5.41, 5.74) is 7.73. The molecule has 3 nitrogen and oxygen atoms in total. The third-order valence-corrected chi connectivity index (χ3v) is 4.69. The Kier molecular flexibility index (Phi) is 3.76. The van der Waals surface area contributed by atoms with E-state index in [9.17, 15) is 0 Å². The normalized spacial score (nSPS) is 22.6. The summed E-state index contributed by atoms with van der Waals surface area (Å²) in [7, 11) is 0. The first-order valence-corrected chi connectivity index (χ1v) is 7.44. The van der Waals surface area contributed by atoms with Gasteiger partial charge in [0.05, 0.1) is 0 Å². The minimum atomic E-state index is 0.360. The molecule has 0 saturated heterocycles. The van der Waals surface area contributed by atoms with Crippen molar-refractivity contribution in [2.75, 3.05) is 26.2 Å². The van der Waals surface area contributed by atoms with Gasteiger partial charge in [0.15, 0.2) is 0 Å². The van der Waals surface area contributed by atoms with Crippen LogP contribution in [-0.2, 0) is 6.54 Å². The zero-order valence-electron chi connectivity index (χ0n) is 11.6. The standard InChI is InChI=1S/C16H24N2O/c17-12-16(7-3-4-8-16)13-18-9-10-19-15-6-2-1-5-14(15)11-18/h1-2,5-6H,3-4,7-13,17H2. The van der Waals surface area contributed by atoms with Crippen LogP contribution in [0.1, 0.15) is 31.2 Å². The molecule has 1 heterocycles. The maximum atomic E-state index is 6.06. The van der Waals surface area contributed by atoms with Crippen LogP contribution in [-0.4, -0.2) is 31.1 Å². The highest BCUT2D eigenvalue weighted by molar-refractivity contribution is 5.33. The van der Waals surface area contributed by atoms with Gasteiger partial charge in [-0.15, -0.1) is 0 Å². The van der Waals surface area contributed by atoms with Crippen LogP contribution in [0.2, 0.25) is 0 Å². The minimum Gasteiger partial charge on any atom is -0.492 e. The number of hydrogen-bond acceptors (Lipinski definition) is 3. The van der Waals surface area contributed by atoms with E-state index in [1.54, 1.807) is 0 Å². The zero-order valence-corrected chi connectivity index (χ0v) is 11.6. The van der Waals surface area contributed by atoms with Crippen molar-refractivity contribution in [2.24, 2.45) is 11.1 Å². The Hall–Kier alpha value is -1.06. The van der Waals surface area contributed by atoms with Crippen LogP contribution in [0, 0.1) is 5.41 Å². The molecule has 1 fully saturated rings. The van der Waals surface area contributed by atoms with Gasteiger partial charge in [0.1, 0.15) is 12.4 Å². The third-order valence-electron chi connectivity index (χ3n) is 4.69. The third kappa shape index (κ3) is 2.77. The van der Waals surface area contributed by atoms with E-state index in [0.29, 0.717) is 5.41 Å². The lowest BCUT2D eigenvalue weighted by Gasteiger charge is -2.33. The number of nitrogens with zero attached hydrogens (tertiary/aromatic N) is 1. The summed E-state index contributed by atoms with van der Waals surface area (Å²) in [4.78, 5) is 2.53. The molecule has 1 aliphatic carbocycles. The van der Waals surface area contributed by atoms with Gasteiger partial charge in [0, 0.05) is 25.2 Å². The van der Waals surface area contributed by atoms with Gasteiger partial charge in [-0.3, -0.25) is 4.90 Å². The molecule has 0 aromatic heterocycles. The number of fused-ring (bicyclic) bond motifs is 1. The van der Waals surface area contributed by atoms with E-state index in [1.807, 2.05) is 6.07 Å². The van der Waals surface area contributed by atoms with Gasteiger partial charge in [0.2, 0.25) is 0 Å². The van der Waals surface area contributed by atoms with E-state index >= 15 is 0 Å². The summed E-state index contributed by atoms with van der Waals surface area (Å²) in [6.07, 6.45) is 5.28. The molecule has 104 valence electrons. The summed E-state index contributed by atoms with van der Waals surface area (Å²) in [6, 6.07) is 8.40. The predicted octanol–water partition coefficient (Wildman–Crippen LogP) is 2.40. The Balaban J connectivity index is 1.72. The van der Waals surface area contributed by atoms with Crippen molar-refractivity contribution >= 4 is 0 Å². The molecular weight excluding hydrogens is 236 g/mol. The van der Waals surface area contributed by atoms with E-state index in [4.69, 9.17) is 10.5 Å². The summed E-state index contributed by atoms with van der Waals surface area (Å²) in [6.45, 7) is 4.75. The SMILES string of the molecule is NCC1(CN2CCOc3ccccc3C2)CCCC1. The molecule has 1 aromatic rings. The van der Waals surface area contributed by atoms with Crippen LogP contribution >= 0.6 is 0 Å². The molecule has 0 amide bonds. The van der Waals surface area contributed by atoms with Crippen LogP contribution in [0.5, 0.6) is 5.75 Å². The Morgan fingerprint density at radius 3 is 2.79 bits per heavy atom. The number of ether oxygens (including phenoxy) is 1. The van der Waals surface area contributed by atoms with Gasteiger partial charge in [0.25, 0.3) is 0 Å². The van der Waals surface area contributed by atoms with E-state index in [2.05, 4.69) is 23.1 Å². The van der Waals surface area contributed by atoms with Crippen molar-refractivity contribution in [2.45, 2.75) is 32.2 Å². The van der Waals surface area contributed by atoms with Crippen LogP contribution < -0.4 is 10.5 Å². The average Bonchev–Trinajstić information content (AvgIpc) is 2.80. The lowest BCUT2D eigenvalue weighted by atomic mass is 9.85. The zero-order chi connectivity index (χ0) is 13.1. The second-order valence-corrected chi connectivity index (χ2v) is 6.08. The van der Waals surface area contributed by atoms with E-state index in [-0.39, 0.29) is 0 Å². The van der Waals surface area contributed by atoms with E-state index < -0.39 is 0 Å². The topological polar surface area (TPSA) is 38.5 Å². The average molecular weight is 260 g/mol. The Bertz CT molecular complexity index is 427. The van der Waals surface area contributed by atoms with Gasteiger partial charge in [-0.05, 0) is 30.9 Å². The predicted molar refractivity (Wildman–Crippen MR) is 77.2 cm³/mol. The summed E-state index contributed by atoms with van der Waals surface area (Å²) in [5.74, 6) is 1.05. The van der Waals surface area contributed by atoms with E-state index in [1.165, 1.54) is 31.2 Å². The van der Waals surface area contributed by atoms with Gasteiger partial charge < -0.3 is 10.5 Å². The smallest absolute Gasteiger partial charge is 0.123 e. The van der Waals surface area contributed by atoms with Crippen molar-refractivity contribution in [3.63, 3.8) is 0 Å². The molecule has 0 unspecified atom stereocenters. The molecule has 1 saturated carbocycles. The molecule has 0 bridgehead atoms. The molecular formula is C16H24N2O. The van der Waals surface area contributed by atoms with Gasteiger partial charge >= 0.3 is 0 Å². The van der Waals surface area contributed by atoms with Gasteiger partial charge in [-0.2, -0.15) is 0 Å². The van der Waals surface area contributed by atoms with Gasteiger partial charge in [-0.1, -0.05) is 31.0 Å². The molecule has 19 heavy (non-hydrogen) atoms. The molecule has 3 heteroatoms. The van der Waals surface area contributed by atoms with Crippen molar-refractivity contribution < 1.29 is 4.74 Å². The quantitative estimate of drug-likeness (QED) is 0.907. The fraction of sp³-hybridized carbons (Fsp3) is 0.625. The number of para-hydroxylation sites is 1. The second-order valence-electron chi connectivity index (χ2n) is 6.08. The highest BCUT2D eigenvalue weighted by Gasteiger charge is 2.34. The van der Waals surface area contributed by atoms with Crippen LogP contribution in [0.3, 0.4) is 0 Å². The van der Waals surface area contributed by atoms with Crippen LogP contribution in [0.15, 0.2) is 24.3 Å². The molecule has 1 aliphatic heterocycles. The molecule has 0 radical (unpaired) electrons. The van der Waals surface area contributed by atoms with Gasteiger partial charge in [-0.25, -0.2) is 0 Å². The highest BCUT2D eigenvalue weighted by Crippen LogP contribution is 2.38. The minimum absolute atomic E-state index is 0.360. The van der Waals surface area contributed by atoms with Crippen molar-refractivity contribution in [1.29, 1.82) is 0 Å². The highest BCUT2D eigenvalue weighted by atomic mass is 16.5. The lowest BCUT2D eigenvalue weighted by molar-refractivity contribution is 0.142. The summed E-state index contributed by atoms with van der Waals surface area (Å²) < 4.78 is 5.84. The Morgan fingerprint density at radius 2 is 2.00 bits per heavy atom. The lowest BCUT2D eigenvalue weighted by Crippen LogP contribution is -2.41. The second kappa shape index (κ2) is 5.51. The maximum absolute atomic E-state index is 6.06. The number of benzene rings is 1. The van der Waals surface area contributed by atoms with Crippen molar-refractivity contribution in [3.8, 4) is 5.75 Å². The van der Waals surface area contributed by atoms with Crippen molar-refractivity contribution in [3.05, 3.63) is 29.8 Å². The monoisotopic (exact) mass is 260 g/mol. The molecule has 3 rings (SSSR count). The fourth-order valence-electron chi connectivity index (χ4n) is 3.54. The fourth-order valence-corrected chi connectivity index (χ4v) is 3.54. The number of rotatable bonds is 3. The Morgan fingerprint density at radius 1 is 1.21 bits per heavy atom. The molecule has 0 atom stereocenters. The molecule has 1 aromatic carbocycles. The maximum Gasteiger partial charge on any atom is 0.123 e. The molecule has 2 N–H and O–H groups in total. The number of hydrogen-bond donors (Lipinski definition) is 1. The molecule has 2 aliphatic rings. The molecule has 0 spiro atoms. The summed E-state index contributed by atoms with van der Waals surface area (Å²) >= 11 is 0. The first-order chi connectivity index (χ1) is 9.31. The largest absolute Gasteiger partial charge is 0.492 e. The van der Waals surface area contributed by atoms with Crippen LogP contribution in [0.25, 0.3) is 0 Å². The Labute approximate surface area is 115 Å². The van der Waals surface area contributed by atoms with Crippen LogP contribution in [0.4, 0.5) is 0 Å². The summed E-state index contributed by atoms with van der Waals surface area (Å²) in [5, 5.41) is 0.